The third-order valence-corrected chi connectivity index (χ3v) is 7.67. The molecule has 1 amide bonds. The summed E-state index contributed by atoms with van der Waals surface area (Å²) in [6.45, 7) is 2.43. The van der Waals surface area contributed by atoms with Crippen molar-refractivity contribution in [2.75, 3.05) is 24.5 Å². The van der Waals surface area contributed by atoms with Crippen LogP contribution in [0, 0.1) is 5.92 Å². The second-order valence-corrected chi connectivity index (χ2v) is 9.50. The predicted octanol–water partition coefficient (Wildman–Crippen LogP) is 5.02. The minimum Gasteiger partial charge on any atom is -0.423 e. The molecule has 1 atom stereocenters. The molecule has 0 N–H and O–H groups in total. The first-order valence-electron chi connectivity index (χ1n) is 11.0. The van der Waals surface area contributed by atoms with E-state index in [0.717, 1.165) is 66.9 Å². The van der Waals surface area contributed by atoms with E-state index < -0.39 is 0 Å². The molecule has 0 saturated carbocycles. The lowest BCUT2D eigenvalue weighted by atomic mass is 9.95. The van der Waals surface area contributed by atoms with Crippen LogP contribution >= 0.6 is 11.3 Å². The molecule has 0 radical (unpaired) electrons. The number of rotatable bonds is 3. The molecule has 6 nitrogen and oxygen atoms in total. The Morgan fingerprint density at radius 2 is 1.71 bits per heavy atom. The van der Waals surface area contributed by atoms with Crippen LogP contribution in [0.15, 0.2) is 52.9 Å². The third-order valence-electron chi connectivity index (χ3n) is 6.53. The van der Waals surface area contributed by atoms with Crippen LogP contribution in [0.2, 0.25) is 0 Å². The Morgan fingerprint density at radius 1 is 0.935 bits per heavy atom. The fourth-order valence-corrected chi connectivity index (χ4v) is 5.98. The molecule has 2 aliphatic heterocycles. The van der Waals surface area contributed by atoms with Gasteiger partial charge in [-0.25, -0.2) is 4.98 Å². The van der Waals surface area contributed by atoms with E-state index in [9.17, 15) is 4.79 Å². The molecule has 0 spiro atoms. The molecule has 1 unspecified atom stereocenters. The molecule has 4 aromatic rings. The van der Waals surface area contributed by atoms with Crippen LogP contribution in [-0.4, -0.2) is 40.4 Å². The molecule has 4 heterocycles. The summed E-state index contributed by atoms with van der Waals surface area (Å²) in [5.41, 5.74) is 2.73. The molecular weight excluding hydrogens is 408 g/mol. The predicted molar refractivity (Wildman–Crippen MR) is 122 cm³/mol. The monoisotopic (exact) mass is 432 g/mol. The largest absolute Gasteiger partial charge is 0.423 e. The number of hydrogen-bond donors (Lipinski definition) is 0. The molecule has 2 saturated heterocycles. The number of carbonyl (C=O) groups excluding carboxylic acids is 1. The van der Waals surface area contributed by atoms with Crippen molar-refractivity contribution in [3.8, 4) is 0 Å². The maximum Gasteiger partial charge on any atom is 0.298 e. The lowest BCUT2D eigenvalue weighted by Gasteiger charge is -2.33. The number of carbonyl (C=O) groups is 1. The summed E-state index contributed by atoms with van der Waals surface area (Å²) in [6.07, 6.45) is 3.72. The molecule has 2 aliphatic rings. The zero-order valence-electron chi connectivity index (χ0n) is 17.2. The molecule has 2 fully saturated rings. The highest BCUT2D eigenvalue weighted by Gasteiger charge is 2.37. The van der Waals surface area contributed by atoms with E-state index >= 15 is 0 Å². The van der Waals surface area contributed by atoms with E-state index in [0.29, 0.717) is 11.9 Å². The lowest BCUT2D eigenvalue weighted by molar-refractivity contribution is -0.137. The Hall–Kier alpha value is -2.93. The smallest absolute Gasteiger partial charge is 0.298 e. The zero-order chi connectivity index (χ0) is 20.8. The van der Waals surface area contributed by atoms with Gasteiger partial charge in [0.25, 0.3) is 6.01 Å². The van der Waals surface area contributed by atoms with Crippen LogP contribution < -0.4 is 4.90 Å². The first kappa shape index (κ1) is 18.8. The van der Waals surface area contributed by atoms with Crippen LogP contribution in [0.1, 0.15) is 36.7 Å². The second kappa shape index (κ2) is 7.64. The van der Waals surface area contributed by atoms with Crippen molar-refractivity contribution in [3.05, 3.63) is 53.5 Å². The highest BCUT2D eigenvalue weighted by Crippen LogP contribution is 2.38. The van der Waals surface area contributed by atoms with Crippen molar-refractivity contribution in [2.45, 2.75) is 31.7 Å². The number of benzene rings is 2. The van der Waals surface area contributed by atoms with Gasteiger partial charge in [0.15, 0.2) is 5.58 Å². The zero-order valence-corrected chi connectivity index (χ0v) is 18.1. The van der Waals surface area contributed by atoms with Crippen molar-refractivity contribution in [3.63, 3.8) is 0 Å². The lowest BCUT2D eigenvalue weighted by Crippen LogP contribution is -2.42. The number of likely N-dealkylation sites (tertiary alicyclic amines) is 1. The van der Waals surface area contributed by atoms with Gasteiger partial charge in [-0.2, -0.15) is 4.98 Å². The standard InChI is InChI=1S/C24H24N4O2S/c29-23(28-13-5-8-19(28)22-25-18-7-2-4-10-21(18)31-22)16-11-14-27(15-12-16)24-26-17-6-1-3-9-20(17)30-24/h1-4,6-7,9-10,16,19H,5,8,11-15H2. The second-order valence-electron chi connectivity index (χ2n) is 8.43. The van der Waals surface area contributed by atoms with Gasteiger partial charge in [0.1, 0.15) is 10.5 Å². The van der Waals surface area contributed by atoms with Gasteiger partial charge < -0.3 is 14.2 Å². The SMILES string of the molecule is O=C(C1CCN(c2nc3ccccc3o2)CC1)N1CCCC1c1nc2ccccc2s1. The van der Waals surface area contributed by atoms with E-state index in [4.69, 9.17) is 9.40 Å². The topological polar surface area (TPSA) is 62.5 Å². The number of oxazole rings is 1. The molecule has 31 heavy (non-hydrogen) atoms. The summed E-state index contributed by atoms with van der Waals surface area (Å²) in [5, 5.41) is 1.08. The Labute approximate surface area is 184 Å². The van der Waals surface area contributed by atoms with Crippen molar-refractivity contribution in [2.24, 2.45) is 5.92 Å². The summed E-state index contributed by atoms with van der Waals surface area (Å²) < 4.78 is 7.12. The molecule has 7 heteroatoms. The minimum atomic E-state index is 0.0654. The van der Waals surface area contributed by atoms with Gasteiger partial charge in [-0.05, 0) is 49.9 Å². The average molecular weight is 433 g/mol. The number of amides is 1. The number of fused-ring (bicyclic) bond motifs is 2. The van der Waals surface area contributed by atoms with Gasteiger partial charge in [0.05, 0.1) is 16.3 Å². The van der Waals surface area contributed by atoms with Crippen molar-refractivity contribution >= 4 is 44.6 Å². The maximum absolute atomic E-state index is 13.4. The van der Waals surface area contributed by atoms with E-state index in [-0.39, 0.29) is 12.0 Å². The highest BCUT2D eigenvalue weighted by molar-refractivity contribution is 7.18. The van der Waals surface area contributed by atoms with Crippen molar-refractivity contribution < 1.29 is 9.21 Å². The quantitative estimate of drug-likeness (QED) is 0.455. The van der Waals surface area contributed by atoms with Gasteiger partial charge in [-0.15, -0.1) is 11.3 Å². The summed E-state index contributed by atoms with van der Waals surface area (Å²) in [5.74, 6) is 0.356. The first-order chi connectivity index (χ1) is 15.3. The molecule has 2 aromatic heterocycles. The molecular formula is C24H24N4O2S. The molecule has 2 aromatic carbocycles. The summed E-state index contributed by atoms with van der Waals surface area (Å²) in [7, 11) is 0. The Bertz CT molecular complexity index is 1170. The van der Waals surface area contributed by atoms with E-state index in [1.54, 1.807) is 11.3 Å². The van der Waals surface area contributed by atoms with E-state index in [2.05, 4.69) is 26.9 Å². The summed E-state index contributed by atoms with van der Waals surface area (Å²) in [6, 6.07) is 16.9. The molecule has 158 valence electrons. The normalized spacial score (nSPS) is 20.2. The van der Waals surface area contributed by atoms with Gasteiger partial charge in [-0.3, -0.25) is 4.79 Å². The Kier molecular flexibility index (Phi) is 4.64. The number of anilines is 1. The van der Waals surface area contributed by atoms with Crippen LogP contribution in [-0.2, 0) is 4.79 Å². The van der Waals surface area contributed by atoms with Gasteiger partial charge in [0.2, 0.25) is 5.91 Å². The highest BCUT2D eigenvalue weighted by atomic mass is 32.1. The van der Waals surface area contributed by atoms with Crippen molar-refractivity contribution in [1.29, 1.82) is 0 Å². The third kappa shape index (κ3) is 3.37. The van der Waals surface area contributed by atoms with Gasteiger partial charge >= 0.3 is 0 Å². The Morgan fingerprint density at radius 3 is 2.52 bits per heavy atom. The molecule has 0 bridgehead atoms. The number of thiazole rings is 1. The van der Waals surface area contributed by atoms with Crippen LogP contribution in [0.5, 0.6) is 0 Å². The average Bonchev–Trinajstić information content (AvgIpc) is 3.55. The number of hydrogen-bond acceptors (Lipinski definition) is 6. The number of nitrogens with zero attached hydrogens (tertiary/aromatic N) is 4. The van der Waals surface area contributed by atoms with Crippen LogP contribution in [0.3, 0.4) is 0 Å². The fraction of sp³-hybridized carbons (Fsp3) is 0.375. The fourth-order valence-electron chi connectivity index (χ4n) is 4.87. The van der Waals surface area contributed by atoms with Gasteiger partial charge in [0, 0.05) is 25.6 Å². The maximum atomic E-state index is 13.4. The summed E-state index contributed by atoms with van der Waals surface area (Å²) in [4.78, 5) is 27.1. The first-order valence-corrected chi connectivity index (χ1v) is 11.8. The van der Waals surface area contributed by atoms with Crippen LogP contribution in [0.25, 0.3) is 21.3 Å². The Balaban J connectivity index is 1.15. The summed E-state index contributed by atoms with van der Waals surface area (Å²) >= 11 is 1.73. The number of para-hydroxylation sites is 3. The minimum absolute atomic E-state index is 0.0654. The molecule has 6 rings (SSSR count). The van der Waals surface area contributed by atoms with Gasteiger partial charge in [-0.1, -0.05) is 24.3 Å². The number of aromatic nitrogens is 2. The van der Waals surface area contributed by atoms with Crippen LogP contribution in [0.4, 0.5) is 6.01 Å². The van der Waals surface area contributed by atoms with Crippen molar-refractivity contribution in [1.82, 2.24) is 14.9 Å². The van der Waals surface area contributed by atoms with E-state index in [1.165, 1.54) is 4.70 Å². The number of piperidine rings is 1. The van der Waals surface area contributed by atoms with E-state index in [1.807, 2.05) is 36.4 Å². The molecule has 0 aliphatic carbocycles.